The highest BCUT2D eigenvalue weighted by Gasteiger charge is 2.17. The molecule has 0 fully saturated rings. The summed E-state index contributed by atoms with van der Waals surface area (Å²) in [5.41, 5.74) is -0.416. The number of pyridine rings is 1. The zero-order valence-electron chi connectivity index (χ0n) is 14.3. The highest BCUT2D eigenvalue weighted by molar-refractivity contribution is 6.31. The largest absolute Gasteiger partial charge is 0.428 e. The van der Waals surface area contributed by atoms with Crippen molar-refractivity contribution in [3.63, 3.8) is 0 Å². The first kappa shape index (κ1) is 16.5. The van der Waals surface area contributed by atoms with E-state index >= 15 is 0 Å². The molecule has 28 heavy (non-hydrogen) atoms. The van der Waals surface area contributed by atoms with E-state index in [9.17, 15) is 14.8 Å². The topological polar surface area (TPSA) is 77.1 Å². The molecule has 7 heteroatoms. The number of halogens is 1. The second kappa shape index (κ2) is 5.94. The third-order valence-corrected chi connectivity index (χ3v) is 5.07. The van der Waals surface area contributed by atoms with Crippen LogP contribution in [0.25, 0.3) is 38.3 Å². The van der Waals surface area contributed by atoms with Crippen molar-refractivity contribution >= 4 is 44.2 Å². The predicted octanol–water partition coefficient (Wildman–Crippen LogP) is 3.74. The van der Waals surface area contributed by atoms with Crippen LogP contribution >= 0.6 is 11.6 Å². The van der Waals surface area contributed by atoms with Crippen molar-refractivity contribution in [2.24, 2.45) is 0 Å². The zero-order valence-corrected chi connectivity index (χ0v) is 15.1. The average Bonchev–Trinajstić information content (AvgIpc) is 2.71. The van der Waals surface area contributed by atoms with Gasteiger partial charge in [0.15, 0.2) is 10.9 Å². The smallest absolute Gasteiger partial charge is 0.299 e. The summed E-state index contributed by atoms with van der Waals surface area (Å²) < 4.78 is 1.90. The molecule has 2 heterocycles. The summed E-state index contributed by atoms with van der Waals surface area (Å²) in [7, 11) is 0. The van der Waals surface area contributed by atoms with Crippen LogP contribution in [-0.2, 0) is 0 Å². The molecule has 0 aliphatic carbocycles. The van der Waals surface area contributed by atoms with E-state index in [-0.39, 0.29) is 27.2 Å². The maximum absolute atomic E-state index is 13.2. The summed E-state index contributed by atoms with van der Waals surface area (Å²) >= 11 is 6.00. The van der Waals surface area contributed by atoms with E-state index in [1.165, 1.54) is 23.0 Å². The van der Waals surface area contributed by atoms with Crippen LogP contribution in [0.15, 0.2) is 76.4 Å². The molecule has 5 rings (SSSR count). The molecule has 136 valence electrons. The maximum Gasteiger partial charge on any atom is 0.299 e. The molecule has 0 aliphatic heterocycles. The summed E-state index contributed by atoms with van der Waals surface area (Å²) in [5, 5.41) is 17.3. The van der Waals surface area contributed by atoms with Crippen molar-refractivity contribution in [1.82, 2.24) is 14.5 Å². The highest BCUT2D eigenvalue weighted by atomic mass is 35.5. The van der Waals surface area contributed by atoms with Crippen LogP contribution in [0.5, 0.6) is 0 Å². The average molecular weight is 390 g/mol. The number of hydrogen-bond acceptors (Lipinski definition) is 4. The summed E-state index contributed by atoms with van der Waals surface area (Å²) in [4.78, 5) is 26.0. The van der Waals surface area contributed by atoms with Gasteiger partial charge in [0.1, 0.15) is 0 Å². The Balaban J connectivity index is 1.95. The molecule has 0 bridgehead atoms. The Morgan fingerprint density at radius 2 is 1.68 bits per heavy atom. The molecule has 2 aromatic heterocycles. The second-order valence-electron chi connectivity index (χ2n) is 6.42. The van der Waals surface area contributed by atoms with Gasteiger partial charge in [-0.2, -0.15) is 14.5 Å². The molecule has 0 unspecified atom stereocenters. The van der Waals surface area contributed by atoms with Gasteiger partial charge in [0.2, 0.25) is 0 Å². The first-order valence-electron chi connectivity index (χ1n) is 8.50. The molecular formula is C21H12ClN3O3. The van der Waals surface area contributed by atoms with Gasteiger partial charge in [-0.3, -0.25) is 9.59 Å². The lowest BCUT2D eigenvalue weighted by Gasteiger charge is -2.12. The Bertz CT molecular complexity index is 1530. The lowest BCUT2D eigenvalue weighted by molar-refractivity contribution is 0.210. The third kappa shape index (κ3) is 2.25. The molecule has 0 amide bonds. The van der Waals surface area contributed by atoms with Crippen LogP contribution < -0.4 is 11.0 Å². The van der Waals surface area contributed by atoms with Gasteiger partial charge in [0.25, 0.3) is 5.56 Å². The molecule has 0 atom stereocenters. The number of nitrogens with zero attached hydrogens (tertiary/aromatic N) is 3. The SMILES string of the molecule is O=c1c2ccc(Cl)cc2n(O)c2c(=O)n(-c3cccc4ccccc34)ncc12. The van der Waals surface area contributed by atoms with E-state index in [1.54, 1.807) is 12.1 Å². The zero-order chi connectivity index (χ0) is 19.4. The van der Waals surface area contributed by atoms with Gasteiger partial charge in [0.05, 0.1) is 22.8 Å². The van der Waals surface area contributed by atoms with Gasteiger partial charge in [0, 0.05) is 15.8 Å². The van der Waals surface area contributed by atoms with Crippen LogP contribution in [-0.4, -0.2) is 19.7 Å². The van der Waals surface area contributed by atoms with Crippen molar-refractivity contribution < 1.29 is 5.21 Å². The first-order valence-corrected chi connectivity index (χ1v) is 8.88. The van der Waals surface area contributed by atoms with E-state index in [0.717, 1.165) is 10.8 Å². The van der Waals surface area contributed by atoms with E-state index in [4.69, 9.17) is 11.6 Å². The summed E-state index contributed by atoms with van der Waals surface area (Å²) in [6.45, 7) is 0. The molecule has 3 aromatic carbocycles. The fraction of sp³-hybridized carbons (Fsp3) is 0. The molecular weight excluding hydrogens is 378 g/mol. The van der Waals surface area contributed by atoms with Gasteiger partial charge in [-0.1, -0.05) is 48.0 Å². The number of hydrogen-bond donors (Lipinski definition) is 1. The first-order chi connectivity index (χ1) is 13.6. The maximum atomic E-state index is 13.2. The Labute approximate surface area is 162 Å². The van der Waals surface area contributed by atoms with Gasteiger partial charge >= 0.3 is 0 Å². The Kier molecular flexibility index (Phi) is 3.50. The van der Waals surface area contributed by atoms with Crippen LogP contribution in [0.4, 0.5) is 0 Å². The predicted molar refractivity (Wildman–Crippen MR) is 109 cm³/mol. The number of benzene rings is 3. The minimum absolute atomic E-state index is 0.0406. The molecule has 1 N–H and O–H groups in total. The van der Waals surface area contributed by atoms with E-state index in [2.05, 4.69) is 5.10 Å². The third-order valence-electron chi connectivity index (χ3n) is 4.84. The van der Waals surface area contributed by atoms with Crippen LogP contribution in [0.2, 0.25) is 5.02 Å². The van der Waals surface area contributed by atoms with Gasteiger partial charge in [-0.05, 0) is 29.7 Å². The van der Waals surface area contributed by atoms with Gasteiger partial charge < -0.3 is 5.21 Å². The summed E-state index contributed by atoms with van der Waals surface area (Å²) in [6.07, 6.45) is 1.31. The van der Waals surface area contributed by atoms with E-state index in [0.29, 0.717) is 15.4 Å². The lowest BCUT2D eigenvalue weighted by atomic mass is 10.1. The highest BCUT2D eigenvalue weighted by Crippen LogP contribution is 2.22. The van der Waals surface area contributed by atoms with Crippen molar-refractivity contribution in [2.45, 2.75) is 0 Å². The number of fused-ring (bicyclic) bond motifs is 3. The molecule has 0 saturated heterocycles. The lowest BCUT2D eigenvalue weighted by Crippen LogP contribution is -2.26. The van der Waals surface area contributed by atoms with E-state index < -0.39 is 5.56 Å². The van der Waals surface area contributed by atoms with Gasteiger partial charge in [-0.25, -0.2) is 0 Å². The Morgan fingerprint density at radius 3 is 2.54 bits per heavy atom. The molecule has 5 aromatic rings. The number of aromatic nitrogens is 3. The quantitative estimate of drug-likeness (QED) is 0.350. The normalized spacial score (nSPS) is 11.5. The van der Waals surface area contributed by atoms with Gasteiger partial charge in [-0.15, -0.1) is 0 Å². The molecule has 0 aliphatic rings. The van der Waals surface area contributed by atoms with Crippen molar-refractivity contribution in [3.05, 3.63) is 92.5 Å². The second-order valence-corrected chi connectivity index (χ2v) is 6.86. The molecule has 6 nitrogen and oxygen atoms in total. The van der Waals surface area contributed by atoms with Crippen LogP contribution in [0.3, 0.4) is 0 Å². The minimum Gasteiger partial charge on any atom is -0.428 e. The van der Waals surface area contributed by atoms with Crippen molar-refractivity contribution in [2.75, 3.05) is 0 Å². The van der Waals surface area contributed by atoms with Crippen LogP contribution in [0.1, 0.15) is 0 Å². The standard InChI is InChI=1S/C21H12ClN3O3/c22-13-8-9-15-18(10-13)25(28)19-16(20(15)26)11-23-24(21(19)27)17-7-3-5-12-4-1-2-6-14(12)17/h1-11,28H. The number of rotatable bonds is 1. The van der Waals surface area contributed by atoms with E-state index in [1.807, 2.05) is 36.4 Å². The minimum atomic E-state index is -0.602. The van der Waals surface area contributed by atoms with Crippen molar-refractivity contribution in [3.8, 4) is 5.69 Å². The molecule has 0 radical (unpaired) electrons. The summed E-state index contributed by atoms with van der Waals surface area (Å²) in [6, 6.07) is 17.6. The molecule has 0 saturated carbocycles. The van der Waals surface area contributed by atoms with Crippen molar-refractivity contribution in [1.29, 1.82) is 0 Å². The molecule has 0 spiro atoms. The monoisotopic (exact) mass is 389 g/mol. The summed E-state index contributed by atoms with van der Waals surface area (Å²) in [5.74, 6) is 0. The fourth-order valence-electron chi connectivity index (χ4n) is 3.52. The Hall–Kier alpha value is -3.64. The fourth-order valence-corrected chi connectivity index (χ4v) is 3.68. The van der Waals surface area contributed by atoms with Crippen LogP contribution in [0, 0.1) is 0 Å². The Morgan fingerprint density at radius 1 is 0.893 bits per heavy atom.